The van der Waals surface area contributed by atoms with Gasteiger partial charge in [-0.25, -0.2) is 15.0 Å². The highest BCUT2D eigenvalue weighted by molar-refractivity contribution is 6.12. The summed E-state index contributed by atoms with van der Waals surface area (Å²) in [6.45, 7) is 4.69. The fourth-order valence-electron chi connectivity index (χ4n) is 9.37. The van der Waals surface area contributed by atoms with Gasteiger partial charge in [-0.05, 0) is 76.3 Å². The van der Waals surface area contributed by atoms with Crippen LogP contribution in [0.3, 0.4) is 0 Å². The van der Waals surface area contributed by atoms with E-state index in [1.807, 2.05) is 60.7 Å². The Morgan fingerprint density at radius 2 is 1.00 bits per heavy atom. The van der Waals surface area contributed by atoms with Crippen LogP contribution in [-0.4, -0.2) is 19.5 Å². The highest BCUT2D eigenvalue weighted by Gasteiger charge is 2.37. The van der Waals surface area contributed by atoms with Crippen LogP contribution in [0.5, 0.6) is 0 Å². The molecule has 8 aromatic carbocycles. The predicted octanol–water partition coefficient (Wildman–Crippen LogP) is 13.8. The van der Waals surface area contributed by atoms with Crippen molar-refractivity contribution in [2.45, 2.75) is 19.3 Å². The Morgan fingerprint density at radius 3 is 1.76 bits per heavy atom. The van der Waals surface area contributed by atoms with Gasteiger partial charge in [-0.15, -0.1) is 0 Å². The standard InChI is InChI=1S/C54H36N4O/c1-54(2)43-20-11-9-19-40(43)50-44(54)21-13-23-47(50)58-45-22-12-10-18-38(45)41-30-35(25-28-46(41)58)36-26-29-48-42(31-36)39-27-24-37(32-49(39)59-48)53-56-51(33-14-5-3-6-15-33)55-52(57-53)34-16-7-4-8-17-34/h3-32H,1-2H3. The Labute approximate surface area is 340 Å². The second kappa shape index (κ2) is 12.7. The van der Waals surface area contributed by atoms with Gasteiger partial charge in [0, 0.05) is 49.2 Å². The van der Waals surface area contributed by atoms with Gasteiger partial charge in [0.15, 0.2) is 17.5 Å². The Balaban J connectivity index is 0.967. The van der Waals surface area contributed by atoms with Crippen molar-refractivity contribution in [2.75, 3.05) is 0 Å². The topological polar surface area (TPSA) is 56.7 Å². The van der Waals surface area contributed by atoms with E-state index < -0.39 is 0 Å². The van der Waals surface area contributed by atoms with Gasteiger partial charge in [0.1, 0.15) is 11.2 Å². The summed E-state index contributed by atoms with van der Waals surface area (Å²) in [5.74, 6) is 1.86. The lowest BCUT2D eigenvalue weighted by Crippen LogP contribution is -2.14. The molecule has 0 fully saturated rings. The van der Waals surface area contributed by atoms with Crippen molar-refractivity contribution in [2.24, 2.45) is 0 Å². The predicted molar refractivity (Wildman–Crippen MR) is 241 cm³/mol. The van der Waals surface area contributed by atoms with Crippen LogP contribution in [-0.2, 0) is 5.41 Å². The van der Waals surface area contributed by atoms with Crippen LogP contribution in [0.4, 0.5) is 0 Å². The van der Waals surface area contributed by atoms with Crippen molar-refractivity contribution in [1.29, 1.82) is 0 Å². The van der Waals surface area contributed by atoms with Crippen molar-refractivity contribution in [1.82, 2.24) is 19.5 Å². The molecular formula is C54H36N4O. The third kappa shape index (κ3) is 5.14. The quantitative estimate of drug-likeness (QED) is 0.175. The smallest absolute Gasteiger partial charge is 0.164 e. The molecule has 0 atom stereocenters. The molecule has 59 heavy (non-hydrogen) atoms. The van der Waals surface area contributed by atoms with Crippen molar-refractivity contribution in [3.63, 3.8) is 0 Å². The van der Waals surface area contributed by atoms with E-state index in [9.17, 15) is 0 Å². The number of hydrogen-bond acceptors (Lipinski definition) is 4. The maximum Gasteiger partial charge on any atom is 0.164 e. The number of para-hydroxylation sites is 1. The summed E-state index contributed by atoms with van der Waals surface area (Å²) < 4.78 is 8.98. The zero-order chi connectivity index (χ0) is 39.2. The molecule has 12 rings (SSSR count). The van der Waals surface area contributed by atoms with Gasteiger partial charge in [0.25, 0.3) is 0 Å². The first-order chi connectivity index (χ1) is 29.0. The lowest BCUT2D eigenvalue weighted by Gasteiger charge is -2.21. The first-order valence-corrected chi connectivity index (χ1v) is 20.1. The second-order valence-corrected chi connectivity index (χ2v) is 16.0. The lowest BCUT2D eigenvalue weighted by molar-refractivity contribution is 0.660. The lowest BCUT2D eigenvalue weighted by atomic mass is 9.82. The zero-order valence-electron chi connectivity index (χ0n) is 32.5. The average Bonchev–Trinajstić information content (AvgIpc) is 3.91. The van der Waals surface area contributed by atoms with Gasteiger partial charge < -0.3 is 8.98 Å². The van der Waals surface area contributed by atoms with E-state index in [2.05, 4.69) is 140 Å². The number of benzene rings is 8. The van der Waals surface area contributed by atoms with E-state index in [0.29, 0.717) is 17.5 Å². The summed E-state index contributed by atoms with van der Waals surface area (Å²) in [7, 11) is 0. The summed E-state index contributed by atoms with van der Waals surface area (Å²) in [6.07, 6.45) is 0. The number of nitrogens with zero attached hydrogens (tertiary/aromatic N) is 4. The van der Waals surface area contributed by atoms with Crippen LogP contribution in [0, 0.1) is 0 Å². The van der Waals surface area contributed by atoms with Crippen LogP contribution in [0.15, 0.2) is 186 Å². The molecule has 0 aliphatic heterocycles. The van der Waals surface area contributed by atoms with E-state index in [1.165, 1.54) is 49.7 Å². The minimum absolute atomic E-state index is 0.0735. The van der Waals surface area contributed by atoms with Gasteiger partial charge in [-0.1, -0.05) is 147 Å². The molecular weight excluding hydrogens is 721 g/mol. The molecule has 0 saturated carbocycles. The molecule has 0 spiro atoms. The van der Waals surface area contributed by atoms with Crippen molar-refractivity contribution in [3.8, 4) is 62.1 Å². The fraction of sp³-hybridized carbons (Fsp3) is 0.0556. The van der Waals surface area contributed by atoms with E-state index in [-0.39, 0.29) is 5.41 Å². The Hall–Kier alpha value is -7.63. The molecule has 0 bridgehead atoms. The number of furan rings is 1. The molecule has 5 nitrogen and oxygen atoms in total. The Bertz CT molecular complexity index is 3410. The van der Waals surface area contributed by atoms with Gasteiger partial charge in [0.2, 0.25) is 0 Å². The minimum Gasteiger partial charge on any atom is -0.456 e. The van der Waals surface area contributed by atoms with Crippen molar-refractivity contribution in [3.05, 3.63) is 193 Å². The van der Waals surface area contributed by atoms with Crippen molar-refractivity contribution >= 4 is 43.7 Å². The summed E-state index contributed by atoms with van der Waals surface area (Å²) >= 11 is 0. The number of fused-ring (bicyclic) bond motifs is 9. The minimum atomic E-state index is -0.0735. The Morgan fingerprint density at radius 1 is 0.407 bits per heavy atom. The van der Waals surface area contributed by atoms with Crippen LogP contribution >= 0.6 is 0 Å². The normalized spacial score (nSPS) is 13.1. The van der Waals surface area contributed by atoms with E-state index in [0.717, 1.165) is 49.8 Å². The number of rotatable bonds is 5. The van der Waals surface area contributed by atoms with Gasteiger partial charge in [-0.3, -0.25) is 0 Å². The molecule has 0 amide bonds. The van der Waals surface area contributed by atoms with E-state index in [4.69, 9.17) is 19.4 Å². The largest absolute Gasteiger partial charge is 0.456 e. The molecule has 3 aromatic heterocycles. The molecule has 1 aliphatic carbocycles. The second-order valence-electron chi connectivity index (χ2n) is 16.0. The van der Waals surface area contributed by atoms with Crippen LogP contribution in [0.2, 0.25) is 0 Å². The monoisotopic (exact) mass is 756 g/mol. The third-order valence-corrected chi connectivity index (χ3v) is 12.3. The molecule has 1 aliphatic rings. The highest BCUT2D eigenvalue weighted by atomic mass is 16.3. The Kier molecular flexibility index (Phi) is 7.20. The van der Waals surface area contributed by atoms with Crippen molar-refractivity contribution < 1.29 is 4.42 Å². The summed E-state index contributed by atoms with van der Waals surface area (Å²) in [5.41, 5.74) is 15.6. The maximum atomic E-state index is 6.52. The molecule has 3 heterocycles. The zero-order valence-corrected chi connectivity index (χ0v) is 32.5. The molecule has 0 N–H and O–H groups in total. The number of aromatic nitrogens is 4. The molecule has 11 aromatic rings. The first-order valence-electron chi connectivity index (χ1n) is 20.1. The third-order valence-electron chi connectivity index (χ3n) is 12.3. The molecule has 0 radical (unpaired) electrons. The summed E-state index contributed by atoms with van der Waals surface area (Å²) in [4.78, 5) is 14.8. The van der Waals surface area contributed by atoms with Crippen LogP contribution in [0.25, 0.3) is 106 Å². The molecule has 5 heteroatoms. The first kappa shape index (κ1) is 33.5. The van der Waals surface area contributed by atoms with Gasteiger partial charge in [0.05, 0.1) is 16.7 Å². The average molecular weight is 757 g/mol. The SMILES string of the molecule is CC1(C)c2ccccc2-c2c(-n3c4ccccc4c4cc(-c5ccc6oc7cc(-c8nc(-c9ccccc9)nc(-c9ccccc9)n8)ccc7c6c5)ccc43)cccc21. The van der Waals surface area contributed by atoms with Gasteiger partial charge in [-0.2, -0.15) is 0 Å². The maximum absolute atomic E-state index is 6.52. The molecule has 0 unspecified atom stereocenters. The number of hydrogen-bond donors (Lipinski definition) is 0. The van der Waals surface area contributed by atoms with Gasteiger partial charge >= 0.3 is 0 Å². The van der Waals surface area contributed by atoms with Crippen LogP contribution in [0.1, 0.15) is 25.0 Å². The molecule has 278 valence electrons. The fourth-order valence-corrected chi connectivity index (χ4v) is 9.37. The van der Waals surface area contributed by atoms with E-state index >= 15 is 0 Å². The highest BCUT2D eigenvalue weighted by Crippen LogP contribution is 2.51. The summed E-state index contributed by atoms with van der Waals surface area (Å²) in [6, 6.07) is 64.3. The molecule has 0 saturated heterocycles. The summed E-state index contributed by atoms with van der Waals surface area (Å²) in [5, 5.41) is 4.58. The van der Waals surface area contributed by atoms with E-state index in [1.54, 1.807) is 0 Å². The van der Waals surface area contributed by atoms with Crippen LogP contribution < -0.4 is 0 Å².